The van der Waals surface area contributed by atoms with Crippen molar-refractivity contribution in [1.82, 2.24) is 10.6 Å². The van der Waals surface area contributed by atoms with Gasteiger partial charge in [-0.2, -0.15) is 0 Å². The van der Waals surface area contributed by atoms with Gasteiger partial charge in [0.1, 0.15) is 0 Å². The van der Waals surface area contributed by atoms with Gasteiger partial charge in [0.25, 0.3) is 0 Å². The van der Waals surface area contributed by atoms with E-state index in [0.29, 0.717) is 6.42 Å². The lowest BCUT2D eigenvalue weighted by Gasteiger charge is -2.23. The summed E-state index contributed by atoms with van der Waals surface area (Å²) in [7, 11) is 0. The standard InChI is InChI=1S/C15H22N2O2S.ClH/c1-10-9-13(11(2)20-10)14(18)3-4-15(19)17-12-5-7-16-8-6-12;/h9,12,16H,3-8H2,1-2H3,(H,17,19);1H. The zero-order valence-corrected chi connectivity index (χ0v) is 14.2. The van der Waals surface area contributed by atoms with Crippen LogP contribution in [0, 0.1) is 13.8 Å². The Bertz CT molecular complexity index is 496. The zero-order valence-electron chi connectivity index (χ0n) is 12.5. The molecule has 1 aliphatic rings. The van der Waals surface area contributed by atoms with Crippen LogP contribution in [0.25, 0.3) is 0 Å². The molecular formula is C15H23ClN2O2S. The summed E-state index contributed by atoms with van der Waals surface area (Å²) in [5.74, 6) is 0.0714. The first-order valence-corrected chi connectivity index (χ1v) is 7.98. The number of thiophene rings is 1. The highest BCUT2D eigenvalue weighted by atomic mass is 35.5. The van der Waals surface area contributed by atoms with Gasteiger partial charge in [-0.05, 0) is 45.8 Å². The Hall–Kier alpha value is -0.910. The fourth-order valence-electron chi connectivity index (χ4n) is 2.54. The van der Waals surface area contributed by atoms with Crippen molar-refractivity contribution in [3.63, 3.8) is 0 Å². The van der Waals surface area contributed by atoms with E-state index in [2.05, 4.69) is 10.6 Å². The van der Waals surface area contributed by atoms with Gasteiger partial charge >= 0.3 is 0 Å². The van der Waals surface area contributed by atoms with E-state index in [1.165, 1.54) is 0 Å². The molecule has 0 spiro atoms. The van der Waals surface area contributed by atoms with E-state index >= 15 is 0 Å². The second-order valence-electron chi connectivity index (χ2n) is 5.34. The number of carbonyl (C=O) groups excluding carboxylic acids is 2. The van der Waals surface area contributed by atoms with Gasteiger partial charge in [0.15, 0.2) is 5.78 Å². The number of aryl methyl sites for hydroxylation is 2. The highest BCUT2D eigenvalue weighted by Gasteiger charge is 2.17. The lowest BCUT2D eigenvalue weighted by molar-refractivity contribution is -0.121. The van der Waals surface area contributed by atoms with Crippen LogP contribution in [0.4, 0.5) is 0 Å². The second kappa shape index (κ2) is 8.51. The molecule has 0 unspecified atom stereocenters. The third-order valence-electron chi connectivity index (χ3n) is 3.62. The number of carbonyl (C=O) groups is 2. The van der Waals surface area contributed by atoms with Crippen LogP contribution >= 0.6 is 23.7 Å². The molecule has 1 aromatic rings. The minimum Gasteiger partial charge on any atom is -0.353 e. The number of nitrogens with one attached hydrogen (secondary N) is 2. The van der Waals surface area contributed by atoms with Gasteiger partial charge in [0.2, 0.25) is 5.91 Å². The summed E-state index contributed by atoms with van der Waals surface area (Å²) in [6.07, 6.45) is 2.54. The Balaban J connectivity index is 0.00000220. The molecule has 118 valence electrons. The first kappa shape index (κ1) is 18.1. The number of amides is 1. The van der Waals surface area contributed by atoms with E-state index in [4.69, 9.17) is 0 Å². The highest BCUT2D eigenvalue weighted by molar-refractivity contribution is 7.12. The van der Waals surface area contributed by atoms with Crippen LogP contribution in [0.1, 0.15) is 45.8 Å². The molecule has 4 nitrogen and oxygen atoms in total. The Kier molecular flexibility index (Phi) is 7.35. The maximum Gasteiger partial charge on any atom is 0.220 e. The monoisotopic (exact) mass is 330 g/mol. The normalized spacial score (nSPS) is 15.3. The van der Waals surface area contributed by atoms with Gasteiger partial charge in [-0.3, -0.25) is 9.59 Å². The minimum absolute atomic E-state index is 0. The van der Waals surface area contributed by atoms with Gasteiger partial charge in [-0.25, -0.2) is 0 Å². The summed E-state index contributed by atoms with van der Waals surface area (Å²) in [4.78, 5) is 26.1. The van der Waals surface area contributed by atoms with E-state index in [9.17, 15) is 9.59 Å². The molecule has 2 heterocycles. The van der Waals surface area contributed by atoms with E-state index < -0.39 is 0 Å². The molecule has 21 heavy (non-hydrogen) atoms. The van der Waals surface area contributed by atoms with Crippen molar-refractivity contribution in [3.8, 4) is 0 Å². The zero-order chi connectivity index (χ0) is 14.5. The Morgan fingerprint density at radius 3 is 2.52 bits per heavy atom. The van der Waals surface area contributed by atoms with Crippen LogP contribution in [0.15, 0.2) is 6.07 Å². The summed E-state index contributed by atoms with van der Waals surface area (Å²) in [5, 5.41) is 6.28. The molecule has 1 saturated heterocycles. The molecule has 1 fully saturated rings. The maximum absolute atomic E-state index is 12.1. The molecule has 6 heteroatoms. The Morgan fingerprint density at radius 2 is 1.95 bits per heavy atom. The van der Waals surface area contributed by atoms with Crippen molar-refractivity contribution in [1.29, 1.82) is 0 Å². The molecule has 1 aromatic heterocycles. The summed E-state index contributed by atoms with van der Waals surface area (Å²) in [5.41, 5.74) is 0.780. The number of rotatable bonds is 5. The van der Waals surface area contributed by atoms with Crippen molar-refractivity contribution in [2.45, 2.75) is 45.6 Å². The molecule has 0 bridgehead atoms. The van der Waals surface area contributed by atoms with Crippen LogP contribution in [-0.4, -0.2) is 30.8 Å². The quantitative estimate of drug-likeness (QED) is 0.816. The summed E-state index contributed by atoms with van der Waals surface area (Å²) in [6.45, 7) is 5.87. The molecule has 0 atom stereocenters. The van der Waals surface area contributed by atoms with Crippen LogP contribution in [0.2, 0.25) is 0 Å². The first-order chi connectivity index (χ1) is 9.56. The van der Waals surface area contributed by atoms with Crippen molar-refractivity contribution in [3.05, 3.63) is 21.4 Å². The number of halogens is 1. The SMILES string of the molecule is Cc1cc(C(=O)CCC(=O)NC2CCNCC2)c(C)s1.Cl. The van der Waals surface area contributed by atoms with E-state index in [1.807, 2.05) is 19.9 Å². The molecular weight excluding hydrogens is 308 g/mol. The highest BCUT2D eigenvalue weighted by Crippen LogP contribution is 2.22. The Labute approximate surface area is 136 Å². The average Bonchev–Trinajstić information content (AvgIpc) is 2.76. The summed E-state index contributed by atoms with van der Waals surface area (Å²) in [6, 6.07) is 2.19. The fourth-order valence-corrected chi connectivity index (χ4v) is 3.48. The third-order valence-corrected chi connectivity index (χ3v) is 4.59. The van der Waals surface area contributed by atoms with Crippen LogP contribution in [-0.2, 0) is 4.79 Å². The number of hydrogen-bond acceptors (Lipinski definition) is 4. The van der Waals surface area contributed by atoms with Crippen LogP contribution < -0.4 is 10.6 Å². The largest absolute Gasteiger partial charge is 0.353 e. The maximum atomic E-state index is 12.1. The lowest BCUT2D eigenvalue weighted by Crippen LogP contribution is -2.42. The number of ketones is 1. The van der Waals surface area contributed by atoms with Crippen LogP contribution in [0.5, 0.6) is 0 Å². The van der Waals surface area contributed by atoms with Crippen molar-refractivity contribution >= 4 is 35.4 Å². The average molecular weight is 331 g/mol. The molecule has 0 aromatic carbocycles. The summed E-state index contributed by atoms with van der Waals surface area (Å²) >= 11 is 1.63. The Morgan fingerprint density at radius 1 is 1.29 bits per heavy atom. The molecule has 0 radical (unpaired) electrons. The van der Waals surface area contributed by atoms with Crippen molar-refractivity contribution in [2.24, 2.45) is 0 Å². The van der Waals surface area contributed by atoms with E-state index in [0.717, 1.165) is 41.2 Å². The van der Waals surface area contributed by atoms with E-state index in [-0.39, 0.29) is 36.6 Å². The lowest BCUT2D eigenvalue weighted by atomic mass is 10.0. The van der Waals surface area contributed by atoms with Gasteiger partial charge < -0.3 is 10.6 Å². The summed E-state index contributed by atoms with van der Waals surface area (Å²) < 4.78 is 0. The fraction of sp³-hybridized carbons (Fsp3) is 0.600. The topological polar surface area (TPSA) is 58.2 Å². The van der Waals surface area contributed by atoms with Gasteiger partial charge in [0.05, 0.1) is 0 Å². The van der Waals surface area contributed by atoms with Crippen LogP contribution in [0.3, 0.4) is 0 Å². The van der Waals surface area contributed by atoms with Gasteiger partial charge in [-0.15, -0.1) is 23.7 Å². The van der Waals surface area contributed by atoms with Crippen molar-refractivity contribution in [2.75, 3.05) is 13.1 Å². The first-order valence-electron chi connectivity index (χ1n) is 7.16. The molecule has 2 rings (SSSR count). The predicted octanol–water partition coefficient (Wildman–Crippen LogP) is 2.62. The minimum atomic E-state index is -0.00476. The number of piperidine rings is 1. The molecule has 1 amide bonds. The molecule has 2 N–H and O–H groups in total. The molecule has 0 aliphatic carbocycles. The third kappa shape index (κ3) is 5.41. The molecule has 0 saturated carbocycles. The smallest absolute Gasteiger partial charge is 0.220 e. The second-order valence-corrected chi connectivity index (χ2v) is 6.80. The van der Waals surface area contributed by atoms with Crippen molar-refractivity contribution < 1.29 is 9.59 Å². The van der Waals surface area contributed by atoms with Gasteiger partial charge in [-0.1, -0.05) is 0 Å². The van der Waals surface area contributed by atoms with E-state index in [1.54, 1.807) is 11.3 Å². The van der Waals surface area contributed by atoms with Gasteiger partial charge in [0, 0.05) is 34.2 Å². The predicted molar refractivity (Wildman–Crippen MR) is 88.6 cm³/mol. The number of Topliss-reactive ketones (excluding diaryl/α,β-unsaturated/α-hetero) is 1. The molecule has 1 aliphatic heterocycles. The number of hydrogen-bond donors (Lipinski definition) is 2.